The Morgan fingerprint density at radius 2 is 1.69 bits per heavy atom. The Bertz CT molecular complexity index is 2160. The summed E-state index contributed by atoms with van der Waals surface area (Å²) in [5.41, 5.74) is 5.13. The maximum Gasteiger partial charge on any atom is 0.407 e. The normalized spacial score (nSPS) is 22.0. The van der Waals surface area contributed by atoms with Gasteiger partial charge < -0.3 is 24.1 Å². The standard InChI is InChI=1S/C41H46ClN7O3/c1-41(2,3)52-40(51)45-36-29-10-11-34(36)48(24-29)39(50)30-16-31(42)37-32(17-30)44-38(35-18-28-6-4-5-7-33(28)47(35)22-25-8-9-25)49(37)23-27-20-46(21-27)19-26-12-14-43-15-13-26/h4-7,12-18,25,27,29,34,36H,8-11,19-24H2,1-3H3,(H,45,51)/t29-,34-,36-/m1/s1. The number of nitrogens with zero attached hydrogens (tertiary/aromatic N) is 6. The summed E-state index contributed by atoms with van der Waals surface area (Å²) < 4.78 is 10.3. The summed E-state index contributed by atoms with van der Waals surface area (Å²) in [6.07, 6.45) is 7.59. The molecule has 4 fully saturated rings. The number of halogens is 1. The van der Waals surface area contributed by atoms with Gasteiger partial charge in [-0.1, -0.05) is 29.8 Å². The summed E-state index contributed by atoms with van der Waals surface area (Å²) in [5, 5.41) is 4.81. The van der Waals surface area contributed by atoms with Crippen molar-refractivity contribution < 1.29 is 14.3 Å². The molecule has 3 aromatic heterocycles. The van der Waals surface area contributed by atoms with Crippen LogP contribution in [-0.2, 0) is 24.4 Å². The number of para-hydroxylation sites is 1. The van der Waals surface area contributed by atoms with Gasteiger partial charge in [-0.3, -0.25) is 14.7 Å². The number of nitrogens with one attached hydrogen (secondary N) is 1. The van der Waals surface area contributed by atoms with Crippen molar-refractivity contribution in [2.75, 3.05) is 19.6 Å². The minimum Gasteiger partial charge on any atom is -0.444 e. The molecule has 2 aliphatic carbocycles. The Balaban J connectivity index is 1.04. The van der Waals surface area contributed by atoms with Gasteiger partial charge in [0.15, 0.2) is 5.82 Å². The fourth-order valence-electron chi connectivity index (χ4n) is 8.85. The van der Waals surface area contributed by atoms with Crippen LogP contribution in [0.15, 0.2) is 67.0 Å². The Kier molecular flexibility index (Phi) is 8.30. The van der Waals surface area contributed by atoms with Gasteiger partial charge in [-0.05, 0) is 100 Å². The molecule has 2 aliphatic heterocycles. The Morgan fingerprint density at radius 1 is 0.923 bits per heavy atom. The van der Waals surface area contributed by atoms with E-state index in [1.54, 1.807) is 0 Å². The number of carbonyl (C=O) groups is 2. The Hall–Kier alpha value is -4.41. The van der Waals surface area contributed by atoms with Crippen molar-refractivity contribution >= 4 is 45.5 Å². The molecule has 3 atom stereocenters. The molecule has 0 unspecified atom stereocenters. The maximum absolute atomic E-state index is 14.2. The molecule has 2 bridgehead atoms. The van der Waals surface area contributed by atoms with E-state index in [-0.39, 0.29) is 23.9 Å². The molecule has 270 valence electrons. The fourth-order valence-corrected chi connectivity index (χ4v) is 9.17. The Labute approximate surface area is 309 Å². The first-order valence-electron chi connectivity index (χ1n) is 18.8. The summed E-state index contributed by atoms with van der Waals surface area (Å²) >= 11 is 7.22. The van der Waals surface area contributed by atoms with Gasteiger partial charge in [0.05, 0.1) is 33.8 Å². The molecule has 0 radical (unpaired) electrons. The molecule has 5 heterocycles. The molecule has 1 N–H and O–H groups in total. The Morgan fingerprint density at radius 3 is 2.46 bits per heavy atom. The number of ether oxygens (including phenoxy) is 1. The van der Waals surface area contributed by atoms with Crippen LogP contribution < -0.4 is 5.32 Å². The average Bonchev–Trinajstić information content (AvgIpc) is 3.40. The number of piperidine rings is 1. The van der Waals surface area contributed by atoms with Gasteiger partial charge in [0, 0.05) is 74.0 Å². The number of likely N-dealkylation sites (tertiary alicyclic amines) is 2. The van der Waals surface area contributed by atoms with E-state index in [0.29, 0.717) is 29.0 Å². The van der Waals surface area contributed by atoms with Gasteiger partial charge in [0.1, 0.15) is 5.60 Å². The summed E-state index contributed by atoms with van der Waals surface area (Å²) in [6, 6.07) is 18.6. The summed E-state index contributed by atoms with van der Waals surface area (Å²) in [7, 11) is 0. The summed E-state index contributed by atoms with van der Waals surface area (Å²) in [4.78, 5) is 40.8. The van der Waals surface area contributed by atoms with E-state index < -0.39 is 11.7 Å². The summed E-state index contributed by atoms with van der Waals surface area (Å²) in [5.74, 6) is 2.13. The third-order valence-corrected chi connectivity index (χ3v) is 11.7. The second-order valence-electron chi connectivity index (χ2n) is 16.5. The molecule has 10 nitrogen and oxygen atoms in total. The first-order chi connectivity index (χ1) is 25.1. The number of hydrogen-bond acceptors (Lipinski definition) is 6. The van der Waals surface area contributed by atoms with Crippen molar-refractivity contribution in [3.63, 3.8) is 0 Å². The van der Waals surface area contributed by atoms with Crippen LogP contribution in [0.3, 0.4) is 0 Å². The average molecular weight is 720 g/mol. The number of pyridine rings is 1. The SMILES string of the molecule is CC(C)(C)OC(=O)N[C@@H]1[C@@H]2CC[C@H]1N(C(=O)c1cc(Cl)c3c(c1)nc(-c1cc4ccccc4n1CC1CC1)n3CC1CN(Cc3ccncc3)C1)C2. The molecule has 5 aromatic rings. The van der Waals surface area contributed by atoms with Crippen molar-refractivity contribution in [1.29, 1.82) is 0 Å². The highest BCUT2D eigenvalue weighted by molar-refractivity contribution is 6.35. The highest BCUT2D eigenvalue weighted by atomic mass is 35.5. The van der Waals surface area contributed by atoms with Crippen LogP contribution in [0, 0.1) is 17.8 Å². The lowest BCUT2D eigenvalue weighted by Gasteiger charge is -2.39. The number of imidazole rings is 1. The number of fused-ring (bicyclic) bond motifs is 4. The lowest BCUT2D eigenvalue weighted by atomic mass is 9.99. The lowest BCUT2D eigenvalue weighted by molar-refractivity contribution is 0.0485. The van der Waals surface area contributed by atoms with Crippen molar-refractivity contribution in [2.45, 2.75) is 83.8 Å². The monoisotopic (exact) mass is 719 g/mol. The van der Waals surface area contributed by atoms with Crippen molar-refractivity contribution in [2.24, 2.45) is 17.8 Å². The van der Waals surface area contributed by atoms with E-state index in [1.165, 1.54) is 29.3 Å². The van der Waals surface area contributed by atoms with E-state index >= 15 is 0 Å². The van der Waals surface area contributed by atoms with Gasteiger partial charge in [-0.15, -0.1) is 0 Å². The van der Waals surface area contributed by atoms with Gasteiger partial charge in [0.25, 0.3) is 5.91 Å². The molecule has 4 aliphatic rings. The highest BCUT2D eigenvalue weighted by Gasteiger charge is 2.50. The number of alkyl carbamates (subject to hydrolysis) is 1. The molecule has 2 amide bonds. The fraction of sp³-hybridized carbons (Fsp3) is 0.463. The van der Waals surface area contributed by atoms with E-state index in [4.69, 9.17) is 21.3 Å². The van der Waals surface area contributed by atoms with Gasteiger partial charge >= 0.3 is 6.09 Å². The van der Waals surface area contributed by atoms with E-state index in [9.17, 15) is 9.59 Å². The zero-order valence-corrected chi connectivity index (χ0v) is 30.9. The molecular formula is C41H46ClN7O3. The molecule has 0 spiro atoms. The predicted octanol–water partition coefficient (Wildman–Crippen LogP) is 7.38. The van der Waals surface area contributed by atoms with Crippen LogP contribution in [0.25, 0.3) is 33.5 Å². The molecule has 2 aromatic carbocycles. The third-order valence-electron chi connectivity index (χ3n) is 11.4. The van der Waals surface area contributed by atoms with Crippen molar-refractivity contribution in [1.82, 2.24) is 34.2 Å². The predicted molar refractivity (Wildman–Crippen MR) is 202 cm³/mol. The van der Waals surface area contributed by atoms with Crippen LogP contribution in [0.1, 0.15) is 62.4 Å². The zero-order chi connectivity index (χ0) is 35.7. The second-order valence-corrected chi connectivity index (χ2v) is 16.9. The number of benzene rings is 2. The molecular weight excluding hydrogens is 674 g/mol. The first kappa shape index (κ1) is 33.4. The van der Waals surface area contributed by atoms with Crippen molar-refractivity contribution in [3.05, 3.63) is 83.1 Å². The number of amides is 2. The minimum absolute atomic E-state index is 0.0725. The molecule has 9 rings (SSSR count). The lowest BCUT2D eigenvalue weighted by Crippen LogP contribution is -2.47. The third kappa shape index (κ3) is 6.34. The van der Waals surface area contributed by atoms with Crippen LogP contribution in [0.2, 0.25) is 5.02 Å². The van der Waals surface area contributed by atoms with Gasteiger partial charge in [0.2, 0.25) is 0 Å². The highest BCUT2D eigenvalue weighted by Crippen LogP contribution is 2.41. The quantitative estimate of drug-likeness (QED) is 0.171. The second kappa shape index (κ2) is 12.9. The van der Waals surface area contributed by atoms with Crippen LogP contribution >= 0.6 is 11.6 Å². The first-order valence-corrected chi connectivity index (χ1v) is 19.2. The number of aromatic nitrogens is 4. The van der Waals surface area contributed by atoms with E-state index in [1.807, 2.05) is 50.2 Å². The van der Waals surface area contributed by atoms with Crippen LogP contribution in [0.5, 0.6) is 0 Å². The molecule has 52 heavy (non-hydrogen) atoms. The molecule has 11 heteroatoms. The number of hydrogen-bond donors (Lipinski definition) is 1. The minimum atomic E-state index is -0.587. The topological polar surface area (TPSA) is 97.5 Å². The van der Waals surface area contributed by atoms with Gasteiger partial charge in [-0.25, -0.2) is 9.78 Å². The van der Waals surface area contributed by atoms with Crippen LogP contribution in [0.4, 0.5) is 4.79 Å². The number of carbonyl (C=O) groups excluding carboxylic acids is 2. The van der Waals surface area contributed by atoms with E-state index in [2.05, 4.69) is 66.8 Å². The maximum atomic E-state index is 14.2. The largest absolute Gasteiger partial charge is 0.444 e. The number of rotatable bonds is 9. The van der Waals surface area contributed by atoms with Gasteiger partial charge in [-0.2, -0.15) is 0 Å². The summed E-state index contributed by atoms with van der Waals surface area (Å²) in [6.45, 7) is 10.8. The molecule has 2 saturated heterocycles. The molecule has 2 saturated carbocycles. The van der Waals surface area contributed by atoms with Crippen molar-refractivity contribution in [3.8, 4) is 11.5 Å². The van der Waals surface area contributed by atoms with Crippen LogP contribution in [-0.4, -0.2) is 78.2 Å². The smallest absolute Gasteiger partial charge is 0.407 e. The zero-order valence-electron chi connectivity index (χ0n) is 30.1. The van der Waals surface area contributed by atoms with E-state index in [0.717, 1.165) is 68.1 Å².